The summed E-state index contributed by atoms with van der Waals surface area (Å²) in [5.41, 5.74) is 1.29. The second-order valence-corrected chi connectivity index (χ2v) is 5.42. The van der Waals surface area contributed by atoms with E-state index in [1.165, 1.54) is 25.2 Å². The molecule has 1 aromatic carbocycles. The van der Waals surface area contributed by atoms with Gasteiger partial charge < -0.3 is 10.4 Å². The fourth-order valence-corrected chi connectivity index (χ4v) is 3.30. The van der Waals surface area contributed by atoms with E-state index in [0.29, 0.717) is 11.8 Å². The van der Waals surface area contributed by atoms with Crippen LogP contribution in [0.2, 0.25) is 0 Å². The van der Waals surface area contributed by atoms with Gasteiger partial charge in [0.05, 0.1) is 0 Å². The molecule has 3 rings (SSSR count). The molecule has 3 unspecified atom stereocenters. The zero-order chi connectivity index (χ0) is 11.8. The number of fused-ring (bicyclic) bond motifs is 1. The molecular weight excluding hydrogens is 212 g/mol. The first-order valence-corrected chi connectivity index (χ1v) is 6.47. The third-order valence-corrected chi connectivity index (χ3v) is 4.38. The Hall–Kier alpha value is -1.06. The summed E-state index contributed by atoms with van der Waals surface area (Å²) in [6.07, 6.45) is 0. The first-order chi connectivity index (χ1) is 8.24. The quantitative estimate of drug-likeness (QED) is 0.810. The number of likely N-dealkylation sites (tertiary alicyclic amines) is 1. The van der Waals surface area contributed by atoms with Crippen molar-refractivity contribution in [2.75, 3.05) is 19.6 Å². The van der Waals surface area contributed by atoms with E-state index in [2.05, 4.69) is 17.1 Å². The van der Waals surface area contributed by atoms with Crippen molar-refractivity contribution in [2.24, 2.45) is 11.8 Å². The summed E-state index contributed by atoms with van der Waals surface area (Å²) in [4.78, 5) is 2.57. The summed E-state index contributed by atoms with van der Waals surface area (Å²) in [7, 11) is 0. The molecule has 17 heavy (non-hydrogen) atoms. The summed E-state index contributed by atoms with van der Waals surface area (Å²) < 4.78 is 0. The van der Waals surface area contributed by atoms with Gasteiger partial charge >= 0.3 is 0 Å². The lowest BCUT2D eigenvalue weighted by Crippen LogP contribution is -2.32. The number of hydrogen-bond donors (Lipinski definition) is 2. The van der Waals surface area contributed by atoms with Gasteiger partial charge in [-0.1, -0.05) is 12.1 Å². The maximum atomic E-state index is 9.28. The zero-order valence-corrected chi connectivity index (χ0v) is 10.3. The van der Waals surface area contributed by atoms with Crippen LogP contribution in [0.1, 0.15) is 12.5 Å². The topological polar surface area (TPSA) is 35.5 Å². The van der Waals surface area contributed by atoms with E-state index in [1.54, 1.807) is 12.1 Å². The maximum absolute atomic E-state index is 9.28. The maximum Gasteiger partial charge on any atom is 0.115 e. The number of rotatable bonds is 2. The Morgan fingerprint density at radius 1 is 1.29 bits per heavy atom. The summed E-state index contributed by atoms with van der Waals surface area (Å²) in [6.45, 7) is 6.92. The van der Waals surface area contributed by atoms with Crippen molar-refractivity contribution >= 4 is 0 Å². The minimum atomic E-state index is 0.351. The van der Waals surface area contributed by atoms with Crippen LogP contribution >= 0.6 is 0 Å². The number of hydrogen-bond acceptors (Lipinski definition) is 3. The molecule has 2 aliphatic rings. The molecule has 0 amide bonds. The lowest BCUT2D eigenvalue weighted by Gasteiger charge is -2.24. The number of phenolic OH excluding ortho intramolecular Hbond substituents is 1. The monoisotopic (exact) mass is 232 g/mol. The molecule has 92 valence electrons. The van der Waals surface area contributed by atoms with Crippen molar-refractivity contribution in [3.63, 3.8) is 0 Å². The summed E-state index contributed by atoms with van der Waals surface area (Å²) >= 11 is 0. The molecular formula is C14H20N2O. The van der Waals surface area contributed by atoms with Gasteiger partial charge in [-0.2, -0.15) is 0 Å². The summed E-state index contributed by atoms with van der Waals surface area (Å²) in [6, 6.07) is 8.27. The standard InChI is InChI=1S/C14H20N2O/c1-10-14-7-15-6-12(14)9-16(10)8-11-2-4-13(17)5-3-11/h2-5,10,12,14-15,17H,6-9H2,1H3. The van der Waals surface area contributed by atoms with Gasteiger partial charge in [-0.15, -0.1) is 0 Å². The number of aromatic hydroxyl groups is 1. The number of nitrogens with one attached hydrogen (secondary N) is 1. The van der Waals surface area contributed by atoms with E-state index in [4.69, 9.17) is 0 Å². The van der Waals surface area contributed by atoms with Crippen molar-refractivity contribution < 1.29 is 5.11 Å². The Bertz CT molecular complexity index is 390. The number of nitrogens with zero attached hydrogens (tertiary/aromatic N) is 1. The Labute approximate surface area is 102 Å². The highest BCUT2D eigenvalue weighted by Gasteiger charge is 2.41. The first kappa shape index (κ1) is 11.1. The molecule has 0 aliphatic carbocycles. The molecule has 0 radical (unpaired) electrons. The molecule has 0 spiro atoms. The van der Waals surface area contributed by atoms with Crippen LogP contribution in [0.25, 0.3) is 0 Å². The summed E-state index contributed by atoms with van der Waals surface area (Å²) in [5, 5.41) is 12.8. The summed E-state index contributed by atoms with van der Waals surface area (Å²) in [5.74, 6) is 2.01. The molecule has 3 heteroatoms. The van der Waals surface area contributed by atoms with Gasteiger partial charge in [0.15, 0.2) is 0 Å². The molecule has 2 N–H and O–H groups in total. The van der Waals surface area contributed by atoms with Crippen molar-refractivity contribution in [1.82, 2.24) is 10.2 Å². The van der Waals surface area contributed by atoms with Gasteiger partial charge in [0.2, 0.25) is 0 Å². The Kier molecular flexibility index (Phi) is 2.81. The van der Waals surface area contributed by atoms with Crippen LogP contribution in [0.4, 0.5) is 0 Å². The van der Waals surface area contributed by atoms with Crippen LogP contribution in [0, 0.1) is 11.8 Å². The van der Waals surface area contributed by atoms with E-state index >= 15 is 0 Å². The molecule has 0 aromatic heterocycles. The van der Waals surface area contributed by atoms with Crippen molar-refractivity contribution in [3.8, 4) is 5.75 Å². The Balaban J connectivity index is 1.68. The van der Waals surface area contributed by atoms with Crippen LogP contribution in [-0.2, 0) is 6.54 Å². The molecule has 2 fully saturated rings. The predicted octanol–water partition coefficient (Wildman–Crippen LogP) is 1.43. The van der Waals surface area contributed by atoms with Gasteiger partial charge in [0, 0.05) is 19.1 Å². The first-order valence-electron chi connectivity index (χ1n) is 6.47. The van der Waals surface area contributed by atoms with E-state index in [-0.39, 0.29) is 0 Å². The minimum Gasteiger partial charge on any atom is -0.508 e. The zero-order valence-electron chi connectivity index (χ0n) is 10.3. The van der Waals surface area contributed by atoms with Crippen molar-refractivity contribution in [3.05, 3.63) is 29.8 Å². The molecule has 0 bridgehead atoms. The highest BCUT2D eigenvalue weighted by molar-refractivity contribution is 5.26. The molecule has 3 atom stereocenters. The molecule has 1 aromatic rings. The van der Waals surface area contributed by atoms with Gasteiger partial charge in [-0.25, -0.2) is 0 Å². The highest BCUT2D eigenvalue weighted by Crippen LogP contribution is 2.33. The third-order valence-electron chi connectivity index (χ3n) is 4.38. The van der Waals surface area contributed by atoms with Crippen molar-refractivity contribution in [1.29, 1.82) is 0 Å². The fraction of sp³-hybridized carbons (Fsp3) is 0.571. The van der Waals surface area contributed by atoms with Crippen molar-refractivity contribution in [2.45, 2.75) is 19.5 Å². The van der Waals surface area contributed by atoms with E-state index in [9.17, 15) is 5.11 Å². The average molecular weight is 232 g/mol. The molecule has 2 heterocycles. The van der Waals surface area contributed by atoms with Crippen LogP contribution in [0.3, 0.4) is 0 Å². The molecule has 3 nitrogen and oxygen atoms in total. The minimum absolute atomic E-state index is 0.351. The number of benzene rings is 1. The van der Waals surface area contributed by atoms with Crippen LogP contribution < -0.4 is 5.32 Å². The Morgan fingerprint density at radius 3 is 2.76 bits per heavy atom. The molecule has 2 aliphatic heterocycles. The van der Waals surface area contributed by atoms with E-state index < -0.39 is 0 Å². The smallest absolute Gasteiger partial charge is 0.115 e. The van der Waals surface area contributed by atoms with Gasteiger partial charge in [-0.05, 0) is 49.5 Å². The lowest BCUT2D eigenvalue weighted by atomic mass is 9.95. The average Bonchev–Trinajstić information content (AvgIpc) is 2.87. The largest absolute Gasteiger partial charge is 0.508 e. The lowest BCUT2D eigenvalue weighted by molar-refractivity contribution is 0.231. The van der Waals surface area contributed by atoms with Gasteiger partial charge in [-0.3, -0.25) is 4.90 Å². The molecule has 0 saturated carbocycles. The van der Waals surface area contributed by atoms with Gasteiger partial charge in [0.1, 0.15) is 5.75 Å². The highest BCUT2D eigenvalue weighted by atomic mass is 16.3. The second kappa shape index (κ2) is 4.31. The van der Waals surface area contributed by atoms with Crippen LogP contribution in [0.5, 0.6) is 5.75 Å². The van der Waals surface area contributed by atoms with Gasteiger partial charge in [0.25, 0.3) is 0 Å². The fourth-order valence-electron chi connectivity index (χ4n) is 3.30. The number of phenols is 1. The SMILES string of the molecule is CC1C2CNCC2CN1Cc1ccc(O)cc1. The van der Waals surface area contributed by atoms with E-state index in [0.717, 1.165) is 18.4 Å². The normalized spacial score (nSPS) is 32.9. The third kappa shape index (κ3) is 2.05. The van der Waals surface area contributed by atoms with E-state index in [1.807, 2.05) is 12.1 Å². The Morgan fingerprint density at radius 2 is 2.06 bits per heavy atom. The molecule has 2 saturated heterocycles. The second-order valence-electron chi connectivity index (χ2n) is 5.42. The predicted molar refractivity (Wildman–Crippen MR) is 67.8 cm³/mol. The van der Waals surface area contributed by atoms with Crippen LogP contribution in [0.15, 0.2) is 24.3 Å². The van der Waals surface area contributed by atoms with Crippen LogP contribution in [-0.4, -0.2) is 35.7 Å².